The monoisotopic (exact) mass is 285 g/mol. The zero-order chi connectivity index (χ0) is 14.4. The molecule has 0 saturated carbocycles. The highest BCUT2D eigenvalue weighted by atomic mass is 32.1. The number of likely N-dealkylation sites (N-methyl/N-ethyl adjacent to an activating group) is 1. The lowest BCUT2D eigenvalue weighted by Gasteiger charge is -2.35. The van der Waals surface area contributed by atoms with Crippen LogP contribution in [-0.2, 0) is 11.2 Å². The normalized spacial score (nSPS) is 17.6. The minimum Gasteiger partial charge on any atom is -0.295 e. The maximum atomic E-state index is 8.67. The SMILES string of the molecule is CN1CCc2ccccc2C1c1ccccc1.O=CS. The molecule has 20 heavy (non-hydrogen) atoms. The molecule has 3 heteroatoms. The van der Waals surface area contributed by atoms with Gasteiger partial charge in [-0.3, -0.25) is 9.69 Å². The fourth-order valence-electron chi connectivity index (χ4n) is 2.76. The molecule has 1 unspecified atom stereocenters. The third-order valence-corrected chi connectivity index (χ3v) is 3.64. The van der Waals surface area contributed by atoms with Gasteiger partial charge in [0.2, 0.25) is 0 Å². The third-order valence-electron chi connectivity index (χ3n) is 3.64. The average Bonchev–Trinajstić information content (AvgIpc) is 2.49. The van der Waals surface area contributed by atoms with Gasteiger partial charge in [-0.25, -0.2) is 0 Å². The van der Waals surface area contributed by atoms with Gasteiger partial charge in [0.1, 0.15) is 0 Å². The van der Waals surface area contributed by atoms with Crippen molar-refractivity contribution >= 4 is 18.2 Å². The third kappa shape index (κ3) is 3.30. The van der Waals surface area contributed by atoms with Crippen LogP contribution in [-0.4, -0.2) is 24.1 Å². The summed E-state index contributed by atoms with van der Waals surface area (Å²) >= 11 is 3.11. The van der Waals surface area contributed by atoms with Crippen LogP contribution < -0.4 is 0 Å². The van der Waals surface area contributed by atoms with E-state index in [1.165, 1.54) is 16.7 Å². The Kier molecular flexibility index (Phi) is 5.39. The molecule has 0 saturated heterocycles. The molecule has 0 aromatic heterocycles. The van der Waals surface area contributed by atoms with Crippen molar-refractivity contribution in [2.24, 2.45) is 0 Å². The fourth-order valence-corrected chi connectivity index (χ4v) is 2.76. The molecule has 1 aliphatic heterocycles. The number of hydrogen-bond donors (Lipinski definition) is 1. The Morgan fingerprint density at radius 1 is 1.10 bits per heavy atom. The molecule has 2 nitrogen and oxygen atoms in total. The molecular formula is C17H19NOS. The lowest BCUT2D eigenvalue weighted by molar-refractivity contribution is 0.265. The van der Waals surface area contributed by atoms with Crippen LogP contribution in [0.2, 0.25) is 0 Å². The molecule has 2 aromatic rings. The van der Waals surface area contributed by atoms with Crippen LogP contribution in [0.15, 0.2) is 54.6 Å². The van der Waals surface area contributed by atoms with Crippen LogP contribution in [0, 0.1) is 0 Å². The first-order chi connectivity index (χ1) is 9.77. The Morgan fingerprint density at radius 3 is 2.40 bits per heavy atom. The van der Waals surface area contributed by atoms with Gasteiger partial charge in [-0.1, -0.05) is 54.6 Å². The number of benzene rings is 2. The molecule has 0 aliphatic carbocycles. The summed E-state index contributed by atoms with van der Waals surface area (Å²) in [5.41, 5.74) is 4.80. The quantitative estimate of drug-likeness (QED) is 0.640. The molecule has 0 bridgehead atoms. The summed E-state index contributed by atoms with van der Waals surface area (Å²) in [7, 11) is 2.22. The van der Waals surface area contributed by atoms with E-state index in [4.69, 9.17) is 4.79 Å². The second-order valence-electron chi connectivity index (χ2n) is 4.85. The van der Waals surface area contributed by atoms with E-state index in [9.17, 15) is 0 Å². The first kappa shape index (κ1) is 14.8. The summed E-state index contributed by atoms with van der Waals surface area (Å²) in [6.07, 6.45) is 1.16. The number of thiol groups is 1. The Labute approximate surface area is 125 Å². The smallest absolute Gasteiger partial charge is 0.173 e. The van der Waals surface area contributed by atoms with E-state index in [1.54, 1.807) is 0 Å². The van der Waals surface area contributed by atoms with Gasteiger partial charge in [-0.05, 0) is 30.2 Å². The highest BCUT2D eigenvalue weighted by molar-refractivity contribution is 7.94. The summed E-state index contributed by atoms with van der Waals surface area (Å²) < 4.78 is 0. The Hall–Kier alpha value is -1.58. The van der Waals surface area contributed by atoms with Crippen molar-refractivity contribution in [2.75, 3.05) is 13.6 Å². The van der Waals surface area contributed by atoms with Gasteiger partial charge in [-0.2, -0.15) is 0 Å². The molecule has 0 amide bonds. The van der Waals surface area contributed by atoms with Gasteiger partial charge < -0.3 is 0 Å². The van der Waals surface area contributed by atoms with Gasteiger partial charge in [0.05, 0.1) is 6.04 Å². The molecule has 104 valence electrons. The average molecular weight is 285 g/mol. The number of nitrogens with zero attached hydrogens (tertiary/aromatic N) is 1. The predicted octanol–water partition coefficient (Wildman–Crippen LogP) is 3.37. The molecule has 0 radical (unpaired) electrons. The van der Waals surface area contributed by atoms with Crippen molar-refractivity contribution in [1.29, 1.82) is 0 Å². The molecule has 1 heterocycles. The van der Waals surface area contributed by atoms with E-state index in [-0.39, 0.29) is 0 Å². The Bertz CT molecular complexity index is 556. The van der Waals surface area contributed by atoms with E-state index in [2.05, 4.69) is 79.2 Å². The summed E-state index contributed by atoms with van der Waals surface area (Å²) in [5.74, 6) is 0. The van der Waals surface area contributed by atoms with E-state index >= 15 is 0 Å². The minimum atomic E-state index is 0.418. The van der Waals surface area contributed by atoms with E-state index in [0.717, 1.165) is 13.0 Å². The summed E-state index contributed by atoms with van der Waals surface area (Å²) in [6, 6.07) is 20.0. The lowest BCUT2D eigenvalue weighted by atomic mass is 9.89. The maximum Gasteiger partial charge on any atom is 0.173 e. The van der Waals surface area contributed by atoms with Crippen molar-refractivity contribution in [3.05, 3.63) is 71.3 Å². The Balaban J connectivity index is 0.000000452. The van der Waals surface area contributed by atoms with Crippen molar-refractivity contribution in [3.8, 4) is 0 Å². The largest absolute Gasteiger partial charge is 0.295 e. The van der Waals surface area contributed by atoms with E-state index in [1.807, 2.05) is 0 Å². The molecule has 0 fully saturated rings. The maximum absolute atomic E-state index is 8.67. The van der Waals surface area contributed by atoms with Gasteiger partial charge in [0.15, 0.2) is 5.62 Å². The number of carbonyl (C=O) groups is 1. The van der Waals surface area contributed by atoms with Gasteiger partial charge in [0.25, 0.3) is 0 Å². The topological polar surface area (TPSA) is 20.3 Å². The van der Waals surface area contributed by atoms with Crippen LogP contribution in [0.25, 0.3) is 0 Å². The molecular weight excluding hydrogens is 266 g/mol. The predicted molar refractivity (Wildman–Crippen MR) is 86.8 cm³/mol. The van der Waals surface area contributed by atoms with Crippen LogP contribution >= 0.6 is 12.6 Å². The highest BCUT2D eigenvalue weighted by Gasteiger charge is 2.25. The zero-order valence-corrected chi connectivity index (χ0v) is 12.5. The highest BCUT2D eigenvalue weighted by Crippen LogP contribution is 2.33. The van der Waals surface area contributed by atoms with Crippen LogP contribution in [0.1, 0.15) is 22.7 Å². The van der Waals surface area contributed by atoms with Crippen molar-refractivity contribution < 1.29 is 4.79 Å². The summed E-state index contributed by atoms with van der Waals surface area (Å²) in [5, 5.41) is 0. The van der Waals surface area contributed by atoms with Crippen LogP contribution in [0.3, 0.4) is 0 Å². The fraction of sp³-hybridized carbons (Fsp3) is 0.235. The van der Waals surface area contributed by atoms with Crippen molar-refractivity contribution in [2.45, 2.75) is 12.5 Å². The van der Waals surface area contributed by atoms with E-state index in [0.29, 0.717) is 11.7 Å². The van der Waals surface area contributed by atoms with Crippen molar-refractivity contribution in [1.82, 2.24) is 4.90 Å². The first-order valence-corrected chi connectivity index (χ1v) is 7.20. The Morgan fingerprint density at radius 2 is 1.70 bits per heavy atom. The standard InChI is InChI=1S/C16H17N.CH2OS/c1-17-12-11-13-7-5-6-10-15(13)16(17)14-8-3-2-4-9-14;2-1-3/h2-10,16H,11-12H2,1H3;1H,(H,2,3). The minimum absolute atomic E-state index is 0.418. The number of rotatable bonds is 1. The van der Waals surface area contributed by atoms with E-state index < -0.39 is 0 Å². The molecule has 3 rings (SSSR count). The number of fused-ring (bicyclic) bond motifs is 1. The second-order valence-corrected chi connectivity index (χ2v) is 5.06. The van der Waals surface area contributed by atoms with Crippen LogP contribution in [0.5, 0.6) is 0 Å². The number of hydrogen-bond acceptors (Lipinski definition) is 2. The summed E-state index contributed by atoms with van der Waals surface area (Å²) in [4.78, 5) is 11.1. The molecule has 0 spiro atoms. The van der Waals surface area contributed by atoms with Crippen LogP contribution in [0.4, 0.5) is 0 Å². The molecule has 1 aliphatic rings. The van der Waals surface area contributed by atoms with Crippen molar-refractivity contribution in [3.63, 3.8) is 0 Å². The zero-order valence-electron chi connectivity index (χ0n) is 11.6. The van der Waals surface area contributed by atoms with Gasteiger partial charge in [-0.15, -0.1) is 12.6 Å². The molecule has 0 N–H and O–H groups in total. The molecule has 2 aromatic carbocycles. The number of carbonyl (C=O) groups excluding carboxylic acids is 1. The summed E-state index contributed by atoms with van der Waals surface area (Å²) in [6.45, 7) is 1.14. The second kappa shape index (κ2) is 7.27. The van der Waals surface area contributed by atoms with Gasteiger partial charge in [0, 0.05) is 6.54 Å². The van der Waals surface area contributed by atoms with Gasteiger partial charge >= 0.3 is 0 Å². The lowest BCUT2D eigenvalue weighted by Crippen LogP contribution is -2.32. The molecule has 1 atom stereocenters. The first-order valence-electron chi connectivity index (χ1n) is 6.68.